The molecule has 1 aliphatic rings. The Morgan fingerprint density at radius 2 is 1.83 bits per heavy atom. The highest BCUT2D eigenvalue weighted by molar-refractivity contribution is 5.84. The second kappa shape index (κ2) is 10.2. The lowest BCUT2D eigenvalue weighted by Gasteiger charge is -2.26. The predicted molar refractivity (Wildman–Crippen MR) is 134 cm³/mol. The molecule has 3 aromatic carbocycles. The minimum atomic E-state index is -0.437. The first-order valence-electron chi connectivity index (χ1n) is 12.0. The number of halogens is 1. The van der Waals surface area contributed by atoms with Gasteiger partial charge in [0.1, 0.15) is 11.9 Å². The summed E-state index contributed by atoms with van der Waals surface area (Å²) >= 11 is 0. The Bertz CT molecular complexity index is 1310. The Kier molecular flexibility index (Phi) is 6.73. The van der Waals surface area contributed by atoms with Gasteiger partial charge in [0, 0.05) is 32.4 Å². The first-order chi connectivity index (χ1) is 17.1. The molecule has 0 radical (unpaired) electrons. The Labute approximate surface area is 205 Å². The highest BCUT2D eigenvalue weighted by Gasteiger charge is 2.30. The summed E-state index contributed by atoms with van der Waals surface area (Å²) in [5, 5.41) is 3.52. The second-order valence-corrected chi connectivity index (χ2v) is 9.15. The number of hydrogen-bond donors (Lipinski definition) is 1. The van der Waals surface area contributed by atoms with Gasteiger partial charge in [-0.25, -0.2) is 9.37 Å². The van der Waals surface area contributed by atoms with Crippen molar-refractivity contribution in [1.29, 1.82) is 0 Å². The van der Waals surface area contributed by atoms with Crippen LogP contribution in [-0.2, 0) is 30.8 Å². The molecule has 5 nitrogen and oxygen atoms in total. The van der Waals surface area contributed by atoms with Crippen molar-refractivity contribution in [2.75, 3.05) is 6.54 Å². The fourth-order valence-corrected chi connectivity index (χ4v) is 4.74. The molecule has 5 rings (SSSR count). The van der Waals surface area contributed by atoms with Crippen LogP contribution in [0.3, 0.4) is 0 Å². The average molecular weight is 469 g/mol. The van der Waals surface area contributed by atoms with Gasteiger partial charge in [-0.3, -0.25) is 10.1 Å². The number of fused-ring (bicyclic) bond motifs is 1. The van der Waals surface area contributed by atoms with E-state index in [4.69, 9.17) is 0 Å². The van der Waals surface area contributed by atoms with Crippen LogP contribution in [0.2, 0.25) is 0 Å². The fourth-order valence-electron chi connectivity index (χ4n) is 4.74. The number of amides is 1. The lowest BCUT2D eigenvalue weighted by molar-refractivity contribution is -0.134. The number of carbonyl (C=O) groups excluding carboxylic acids is 1. The Balaban J connectivity index is 1.36. The number of nitrogens with one attached hydrogen (secondary N) is 1. The second-order valence-electron chi connectivity index (χ2n) is 9.15. The largest absolute Gasteiger partial charge is 0.336 e. The van der Waals surface area contributed by atoms with E-state index < -0.39 is 6.04 Å². The molecule has 1 atom stereocenters. The summed E-state index contributed by atoms with van der Waals surface area (Å²) in [6.07, 6.45) is 4.41. The molecule has 0 saturated carbocycles. The first kappa shape index (κ1) is 23.0. The molecule has 1 aliphatic heterocycles. The number of aryl methyl sites for hydroxylation is 1. The summed E-state index contributed by atoms with van der Waals surface area (Å²) in [5.41, 5.74) is 6.52. The van der Waals surface area contributed by atoms with Crippen molar-refractivity contribution in [2.24, 2.45) is 0 Å². The van der Waals surface area contributed by atoms with Crippen LogP contribution in [0.25, 0.3) is 0 Å². The summed E-state index contributed by atoms with van der Waals surface area (Å²) in [4.78, 5) is 20.0. The molecule has 0 aliphatic carbocycles. The van der Waals surface area contributed by atoms with E-state index in [2.05, 4.69) is 47.6 Å². The molecule has 35 heavy (non-hydrogen) atoms. The fraction of sp³-hybridized carbons (Fsp3) is 0.241. The smallest absolute Gasteiger partial charge is 0.244 e. The summed E-state index contributed by atoms with van der Waals surface area (Å²) in [5.74, 6) is -0.164. The number of benzene rings is 3. The van der Waals surface area contributed by atoms with Gasteiger partial charge in [0.2, 0.25) is 5.91 Å². The Morgan fingerprint density at radius 3 is 2.66 bits per heavy atom. The van der Waals surface area contributed by atoms with E-state index in [-0.39, 0.29) is 11.7 Å². The van der Waals surface area contributed by atoms with Crippen molar-refractivity contribution in [3.05, 3.63) is 125 Å². The summed E-state index contributed by atoms with van der Waals surface area (Å²) in [6, 6.07) is 22.6. The Hall–Kier alpha value is -3.77. The van der Waals surface area contributed by atoms with E-state index in [0.29, 0.717) is 26.2 Å². The van der Waals surface area contributed by atoms with Gasteiger partial charge >= 0.3 is 0 Å². The quantitative estimate of drug-likeness (QED) is 0.424. The van der Waals surface area contributed by atoms with Crippen molar-refractivity contribution in [3.8, 4) is 0 Å². The molecular weight excluding hydrogens is 439 g/mol. The third-order valence-corrected chi connectivity index (χ3v) is 6.58. The third kappa shape index (κ3) is 5.33. The lowest BCUT2D eigenvalue weighted by Crippen LogP contribution is -2.39. The molecule has 0 bridgehead atoms. The van der Waals surface area contributed by atoms with Crippen LogP contribution in [0, 0.1) is 12.7 Å². The molecule has 1 amide bonds. The van der Waals surface area contributed by atoms with E-state index in [1.807, 2.05) is 33.9 Å². The predicted octanol–water partition coefficient (Wildman–Crippen LogP) is 4.79. The zero-order valence-corrected chi connectivity index (χ0v) is 19.8. The first-order valence-corrected chi connectivity index (χ1v) is 12.0. The van der Waals surface area contributed by atoms with Gasteiger partial charge < -0.3 is 9.47 Å². The minimum absolute atomic E-state index is 0.0843. The van der Waals surface area contributed by atoms with Gasteiger partial charge in [0.15, 0.2) is 0 Å². The molecule has 1 aromatic heterocycles. The van der Waals surface area contributed by atoms with Gasteiger partial charge in [0.05, 0.1) is 12.0 Å². The highest BCUT2D eigenvalue weighted by Crippen LogP contribution is 2.26. The van der Waals surface area contributed by atoms with Gasteiger partial charge in [0.25, 0.3) is 0 Å². The number of nitrogens with zero attached hydrogens (tertiary/aromatic N) is 3. The summed E-state index contributed by atoms with van der Waals surface area (Å²) in [6.45, 7) is 4.43. The van der Waals surface area contributed by atoms with Crippen LogP contribution in [-0.4, -0.2) is 26.9 Å². The molecule has 6 heteroatoms. The topological polar surface area (TPSA) is 50.2 Å². The van der Waals surface area contributed by atoms with Crippen LogP contribution in [0.15, 0.2) is 85.3 Å². The van der Waals surface area contributed by atoms with Crippen molar-refractivity contribution >= 4 is 5.91 Å². The van der Waals surface area contributed by atoms with Crippen molar-refractivity contribution in [1.82, 2.24) is 19.8 Å². The molecule has 2 heterocycles. The van der Waals surface area contributed by atoms with E-state index in [0.717, 1.165) is 28.8 Å². The van der Waals surface area contributed by atoms with Crippen LogP contribution in [0.5, 0.6) is 0 Å². The number of imidazole rings is 1. The molecule has 1 unspecified atom stereocenters. The van der Waals surface area contributed by atoms with Gasteiger partial charge in [-0.1, -0.05) is 66.2 Å². The van der Waals surface area contributed by atoms with Crippen molar-refractivity contribution in [2.45, 2.75) is 39.0 Å². The number of aromatic nitrogens is 2. The monoisotopic (exact) mass is 468 g/mol. The van der Waals surface area contributed by atoms with Gasteiger partial charge in [-0.15, -0.1) is 0 Å². The molecular formula is C29H29FN4O. The lowest BCUT2D eigenvalue weighted by atomic mass is 9.99. The Morgan fingerprint density at radius 1 is 1.00 bits per heavy atom. The minimum Gasteiger partial charge on any atom is -0.336 e. The van der Waals surface area contributed by atoms with E-state index in [1.165, 1.54) is 23.3 Å². The number of hydrogen-bond acceptors (Lipinski definition) is 3. The molecule has 178 valence electrons. The zero-order chi connectivity index (χ0) is 24.2. The maximum absolute atomic E-state index is 13.8. The SMILES string of the molecule is Cc1cccc(CN2CCc3ccccc3C(NCc3cncn3Cc3ccc(F)cc3)C2=O)c1. The molecule has 1 N–H and O–H groups in total. The molecule has 0 saturated heterocycles. The normalized spacial score (nSPS) is 15.7. The van der Waals surface area contributed by atoms with E-state index in [1.54, 1.807) is 18.5 Å². The van der Waals surface area contributed by atoms with Crippen LogP contribution in [0.4, 0.5) is 4.39 Å². The van der Waals surface area contributed by atoms with E-state index in [9.17, 15) is 9.18 Å². The average Bonchev–Trinajstić information content (AvgIpc) is 3.25. The number of carbonyl (C=O) groups is 1. The van der Waals surface area contributed by atoms with Crippen molar-refractivity contribution < 1.29 is 9.18 Å². The van der Waals surface area contributed by atoms with E-state index >= 15 is 0 Å². The van der Waals surface area contributed by atoms with Crippen LogP contribution >= 0.6 is 0 Å². The standard InChI is InChI=1S/C29H29FN4O/c1-21-5-4-6-23(15-21)19-33-14-13-24-7-2-3-8-27(24)28(29(33)35)32-17-26-16-31-20-34(26)18-22-9-11-25(30)12-10-22/h2-12,15-16,20,28,32H,13-14,17-19H2,1H3. The molecule has 0 fully saturated rings. The van der Waals surface area contributed by atoms with Gasteiger partial charge in [-0.2, -0.15) is 0 Å². The summed E-state index contributed by atoms with van der Waals surface area (Å²) < 4.78 is 15.3. The maximum Gasteiger partial charge on any atom is 0.244 e. The highest BCUT2D eigenvalue weighted by atomic mass is 19.1. The number of rotatable bonds is 7. The third-order valence-electron chi connectivity index (χ3n) is 6.58. The van der Waals surface area contributed by atoms with Crippen LogP contribution in [0.1, 0.15) is 39.6 Å². The maximum atomic E-state index is 13.8. The van der Waals surface area contributed by atoms with Crippen molar-refractivity contribution in [3.63, 3.8) is 0 Å². The van der Waals surface area contributed by atoms with Gasteiger partial charge in [-0.05, 0) is 47.7 Å². The van der Waals surface area contributed by atoms with Crippen LogP contribution < -0.4 is 5.32 Å². The molecule has 0 spiro atoms. The zero-order valence-electron chi connectivity index (χ0n) is 19.8. The molecule has 4 aromatic rings. The summed E-state index contributed by atoms with van der Waals surface area (Å²) in [7, 11) is 0.